The maximum atomic E-state index is 13.1. The van der Waals surface area contributed by atoms with Gasteiger partial charge in [-0.15, -0.1) is 9.19 Å². The van der Waals surface area contributed by atoms with Crippen LogP contribution in [0.3, 0.4) is 0 Å². The Morgan fingerprint density at radius 1 is 0.870 bits per heavy atom. The van der Waals surface area contributed by atoms with E-state index < -0.39 is 10.0 Å². The first-order valence-corrected chi connectivity index (χ1v) is 8.64. The molecule has 4 aromatic rings. The van der Waals surface area contributed by atoms with Gasteiger partial charge in [0.05, 0.1) is 4.90 Å². The van der Waals surface area contributed by atoms with Crippen molar-refractivity contribution in [1.29, 1.82) is 0 Å². The van der Waals surface area contributed by atoms with Crippen molar-refractivity contribution in [1.82, 2.24) is 14.4 Å². The zero-order chi connectivity index (χ0) is 16.0. The summed E-state index contributed by atoms with van der Waals surface area (Å²) in [5, 5.41) is 9.47. The van der Waals surface area contributed by atoms with Gasteiger partial charge in [0.2, 0.25) is 0 Å². The molecule has 1 heterocycles. The van der Waals surface area contributed by atoms with Gasteiger partial charge >= 0.3 is 0 Å². The Morgan fingerprint density at radius 3 is 2.39 bits per heavy atom. The Kier molecular flexibility index (Phi) is 3.11. The van der Waals surface area contributed by atoms with Gasteiger partial charge in [-0.05, 0) is 24.3 Å². The predicted molar refractivity (Wildman–Crippen MR) is 89.1 cm³/mol. The minimum absolute atomic E-state index is 0.146. The molecular formula is C16H10ClN3O2S. The van der Waals surface area contributed by atoms with E-state index in [-0.39, 0.29) is 4.90 Å². The van der Waals surface area contributed by atoms with E-state index in [1.54, 1.807) is 48.5 Å². The predicted octanol–water partition coefficient (Wildman–Crippen LogP) is 3.47. The summed E-state index contributed by atoms with van der Waals surface area (Å²) in [5.41, 5.74) is 0.959. The van der Waals surface area contributed by atoms with Gasteiger partial charge in [-0.3, -0.25) is 0 Å². The van der Waals surface area contributed by atoms with Crippen LogP contribution in [0.25, 0.3) is 21.8 Å². The highest BCUT2D eigenvalue weighted by Crippen LogP contribution is 2.30. The fourth-order valence-corrected chi connectivity index (χ4v) is 4.23. The second-order valence-electron chi connectivity index (χ2n) is 5.02. The Hall–Kier alpha value is -2.44. The van der Waals surface area contributed by atoms with Gasteiger partial charge in [0.1, 0.15) is 11.0 Å². The van der Waals surface area contributed by atoms with Crippen LogP contribution in [0, 0.1) is 0 Å². The number of para-hydroxylation sites is 1. The number of hydrogen-bond donors (Lipinski definition) is 0. The molecule has 114 valence electrons. The van der Waals surface area contributed by atoms with E-state index >= 15 is 0 Å². The molecule has 0 saturated heterocycles. The largest absolute Gasteiger partial charge is 0.285 e. The first-order chi connectivity index (χ1) is 11.1. The van der Waals surface area contributed by atoms with Crippen molar-refractivity contribution < 1.29 is 8.42 Å². The monoisotopic (exact) mass is 343 g/mol. The summed E-state index contributed by atoms with van der Waals surface area (Å²) in [5.74, 6) is 0. The third kappa shape index (κ3) is 2.10. The smallest absolute Gasteiger partial charge is 0.199 e. The fraction of sp³-hybridized carbons (Fsp3) is 0. The number of hydrogen-bond acceptors (Lipinski definition) is 4. The summed E-state index contributed by atoms with van der Waals surface area (Å²) < 4.78 is 27.1. The molecule has 3 aromatic carbocycles. The highest BCUT2D eigenvalue weighted by Gasteiger charge is 2.23. The van der Waals surface area contributed by atoms with Crippen LogP contribution < -0.4 is 0 Å². The van der Waals surface area contributed by atoms with Gasteiger partial charge in [-0.25, -0.2) is 0 Å². The summed E-state index contributed by atoms with van der Waals surface area (Å²) in [7, 11) is -3.88. The Bertz CT molecular complexity index is 1150. The molecule has 0 N–H and O–H groups in total. The molecule has 0 aliphatic rings. The SMILES string of the molecule is O=S(=O)(c1ccc(Cl)c2ccccc12)n1nnc2ccccc21. The third-order valence-electron chi connectivity index (χ3n) is 3.66. The molecule has 0 amide bonds. The van der Waals surface area contributed by atoms with Crippen LogP contribution in [0.15, 0.2) is 65.6 Å². The molecule has 0 fully saturated rings. The van der Waals surface area contributed by atoms with Crippen molar-refractivity contribution in [2.45, 2.75) is 4.90 Å². The number of aromatic nitrogens is 3. The molecule has 7 heteroatoms. The van der Waals surface area contributed by atoms with E-state index in [0.717, 1.165) is 4.09 Å². The lowest BCUT2D eigenvalue weighted by Gasteiger charge is -2.09. The lowest BCUT2D eigenvalue weighted by Crippen LogP contribution is -2.15. The molecule has 1 aromatic heterocycles. The Labute approximate surface area is 137 Å². The average Bonchev–Trinajstić information content (AvgIpc) is 3.00. The van der Waals surface area contributed by atoms with Crippen molar-refractivity contribution in [2.24, 2.45) is 0 Å². The molecular weight excluding hydrogens is 334 g/mol. The quantitative estimate of drug-likeness (QED) is 0.559. The average molecular weight is 344 g/mol. The topological polar surface area (TPSA) is 64.8 Å². The van der Waals surface area contributed by atoms with Crippen LogP contribution in [-0.4, -0.2) is 22.8 Å². The van der Waals surface area contributed by atoms with Crippen molar-refractivity contribution >= 4 is 43.4 Å². The summed E-state index contributed by atoms with van der Waals surface area (Å²) in [6.45, 7) is 0. The van der Waals surface area contributed by atoms with Crippen molar-refractivity contribution in [2.75, 3.05) is 0 Å². The van der Waals surface area contributed by atoms with Gasteiger partial charge in [-0.1, -0.05) is 53.2 Å². The second-order valence-corrected chi connectivity index (χ2v) is 7.16. The molecule has 0 saturated carbocycles. The second kappa shape index (κ2) is 5.04. The molecule has 0 aliphatic heterocycles. The molecule has 0 aliphatic carbocycles. The minimum Gasteiger partial charge on any atom is -0.199 e. The van der Waals surface area contributed by atoms with Crippen LogP contribution >= 0.6 is 11.6 Å². The number of nitrogens with zero attached hydrogens (tertiary/aromatic N) is 3. The highest BCUT2D eigenvalue weighted by molar-refractivity contribution is 7.90. The van der Waals surface area contributed by atoms with Crippen molar-refractivity contribution in [3.8, 4) is 0 Å². The maximum Gasteiger partial charge on any atom is 0.285 e. The van der Waals surface area contributed by atoms with Crippen LogP contribution in [0.2, 0.25) is 5.02 Å². The molecule has 23 heavy (non-hydrogen) atoms. The van der Waals surface area contributed by atoms with E-state index in [1.165, 1.54) is 6.07 Å². The Morgan fingerprint density at radius 2 is 1.57 bits per heavy atom. The van der Waals surface area contributed by atoms with Gasteiger partial charge in [0.15, 0.2) is 0 Å². The highest BCUT2D eigenvalue weighted by atomic mass is 35.5. The molecule has 0 unspecified atom stereocenters. The lowest BCUT2D eigenvalue weighted by atomic mass is 10.1. The summed E-state index contributed by atoms with van der Waals surface area (Å²) in [6, 6.07) is 17.1. The summed E-state index contributed by atoms with van der Waals surface area (Å²) in [4.78, 5) is 0.146. The lowest BCUT2D eigenvalue weighted by molar-refractivity contribution is 0.580. The maximum absolute atomic E-state index is 13.1. The first kappa shape index (κ1) is 14.2. The molecule has 0 atom stereocenters. The van der Waals surface area contributed by atoms with E-state index in [9.17, 15) is 8.42 Å². The first-order valence-electron chi connectivity index (χ1n) is 6.82. The van der Waals surface area contributed by atoms with Gasteiger partial charge in [-0.2, -0.15) is 8.42 Å². The van der Waals surface area contributed by atoms with E-state index in [1.807, 2.05) is 6.07 Å². The molecule has 4 rings (SSSR count). The van der Waals surface area contributed by atoms with E-state index in [2.05, 4.69) is 10.3 Å². The van der Waals surface area contributed by atoms with Crippen molar-refractivity contribution in [3.63, 3.8) is 0 Å². The minimum atomic E-state index is -3.88. The molecule has 0 bridgehead atoms. The van der Waals surface area contributed by atoms with Crippen LogP contribution in [0.5, 0.6) is 0 Å². The molecule has 0 radical (unpaired) electrons. The summed E-state index contributed by atoms with van der Waals surface area (Å²) in [6.07, 6.45) is 0. The standard InChI is InChI=1S/C16H10ClN3O2S/c17-13-9-10-16(12-6-2-1-5-11(12)13)23(21,22)20-15-8-4-3-7-14(15)18-19-20/h1-10H. The number of fused-ring (bicyclic) bond motifs is 2. The molecule has 0 spiro atoms. The summed E-state index contributed by atoms with van der Waals surface area (Å²) >= 11 is 6.17. The van der Waals surface area contributed by atoms with E-state index in [0.29, 0.717) is 26.8 Å². The number of rotatable bonds is 2. The fourth-order valence-electron chi connectivity index (χ4n) is 2.58. The van der Waals surface area contributed by atoms with Gasteiger partial charge in [0, 0.05) is 15.8 Å². The molecule has 5 nitrogen and oxygen atoms in total. The zero-order valence-electron chi connectivity index (χ0n) is 11.7. The normalized spacial score (nSPS) is 12.0. The van der Waals surface area contributed by atoms with E-state index in [4.69, 9.17) is 11.6 Å². The van der Waals surface area contributed by atoms with Crippen LogP contribution in [0.4, 0.5) is 0 Å². The van der Waals surface area contributed by atoms with Crippen LogP contribution in [0.1, 0.15) is 0 Å². The third-order valence-corrected chi connectivity index (χ3v) is 5.62. The van der Waals surface area contributed by atoms with Crippen molar-refractivity contribution in [3.05, 3.63) is 65.7 Å². The number of halogens is 1. The number of benzene rings is 3. The Balaban J connectivity index is 2.06. The van der Waals surface area contributed by atoms with Gasteiger partial charge < -0.3 is 0 Å². The van der Waals surface area contributed by atoms with Gasteiger partial charge in [0.25, 0.3) is 10.0 Å². The van der Waals surface area contributed by atoms with Crippen LogP contribution in [-0.2, 0) is 10.0 Å². The zero-order valence-corrected chi connectivity index (χ0v) is 13.3.